The Kier molecular flexibility index (Phi) is 7.99. The van der Waals surface area contributed by atoms with Crippen molar-refractivity contribution < 1.29 is 4.39 Å². The number of aromatic nitrogens is 2. The SMILES string of the molecule is CN=C(NCc1ccc(-n2ccnc2)c(F)c1)NCC(C)(C)c1cccs1.I. The summed E-state index contributed by atoms with van der Waals surface area (Å²) in [5.41, 5.74) is 1.33. The first-order chi connectivity index (χ1) is 13.0. The Labute approximate surface area is 186 Å². The highest BCUT2D eigenvalue weighted by Gasteiger charge is 2.21. The quantitative estimate of drug-likeness (QED) is 0.293. The second-order valence-electron chi connectivity index (χ2n) is 6.90. The summed E-state index contributed by atoms with van der Waals surface area (Å²) in [5, 5.41) is 8.69. The van der Waals surface area contributed by atoms with E-state index in [1.807, 2.05) is 6.07 Å². The Morgan fingerprint density at radius 2 is 2.11 bits per heavy atom. The van der Waals surface area contributed by atoms with Crippen molar-refractivity contribution in [2.24, 2.45) is 4.99 Å². The van der Waals surface area contributed by atoms with Crippen molar-refractivity contribution in [1.82, 2.24) is 20.2 Å². The molecule has 0 unspecified atom stereocenters. The average molecular weight is 513 g/mol. The Morgan fingerprint density at radius 3 is 2.71 bits per heavy atom. The minimum absolute atomic E-state index is 0. The monoisotopic (exact) mass is 513 g/mol. The van der Waals surface area contributed by atoms with Crippen LogP contribution in [0.15, 0.2) is 59.4 Å². The van der Waals surface area contributed by atoms with Gasteiger partial charge in [0.05, 0.1) is 12.0 Å². The van der Waals surface area contributed by atoms with Gasteiger partial charge in [0.25, 0.3) is 0 Å². The molecule has 0 saturated heterocycles. The molecule has 0 saturated carbocycles. The van der Waals surface area contributed by atoms with Gasteiger partial charge in [-0.2, -0.15) is 0 Å². The first-order valence-electron chi connectivity index (χ1n) is 8.75. The van der Waals surface area contributed by atoms with Gasteiger partial charge in [-0.05, 0) is 29.1 Å². The molecule has 0 bridgehead atoms. The summed E-state index contributed by atoms with van der Waals surface area (Å²) in [7, 11) is 1.73. The predicted molar refractivity (Wildman–Crippen MR) is 124 cm³/mol. The highest BCUT2D eigenvalue weighted by atomic mass is 127. The first kappa shape index (κ1) is 22.4. The van der Waals surface area contributed by atoms with Gasteiger partial charge in [-0.25, -0.2) is 9.37 Å². The molecule has 2 aromatic heterocycles. The molecule has 0 aliphatic heterocycles. The first-order valence-corrected chi connectivity index (χ1v) is 9.63. The normalized spacial score (nSPS) is 11.8. The van der Waals surface area contributed by atoms with Crippen LogP contribution in [0.2, 0.25) is 0 Å². The van der Waals surface area contributed by atoms with E-state index in [9.17, 15) is 4.39 Å². The van der Waals surface area contributed by atoms with Crippen molar-refractivity contribution in [3.8, 4) is 5.69 Å². The number of nitrogens with zero attached hydrogens (tertiary/aromatic N) is 3. The van der Waals surface area contributed by atoms with E-state index in [1.54, 1.807) is 47.7 Å². The number of benzene rings is 1. The number of halogens is 2. The van der Waals surface area contributed by atoms with Crippen LogP contribution in [0.4, 0.5) is 4.39 Å². The lowest BCUT2D eigenvalue weighted by atomic mass is 9.91. The molecule has 3 aromatic rings. The summed E-state index contributed by atoms with van der Waals surface area (Å²) in [6.07, 6.45) is 4.93. The molecule has 8 heteroatoms. The topological polar surface area (TPSA) is 54.2 Å². The molecule has 150 valence electrons. The molecule has 28 heavy (non-hydrogen) atoms. The van der Waals surface area contributed by atoms with Crippen LogP contribution in [0.3, 0.4) is 0 Å². The predicted octanol–water partition coefficient (Wildman–Crippen LogP) is 4.33. The van der Waals surface area contributed by atoms with Crippen LogP contribution in [0.5, 0.6) is 0 Å². The molecular weight excluding hydrogens is 488 g/mol. The van der Waals surface area contributed by atoms with Gasteiger partial charge in [0.15, 0.2) is 5.96 Å². The van der Waals surface area contributed by atoms with E-state index in [0.717, 1.165) is 12.1 Å². The van der Waals surface area contributed by atoms with Gasteiger partial charge in [0.1, 0.15) is 5.82 Å². The van der Waals surface area contributed by atoms with Crippen LogP contribution in [-0.4, -0.2) is 29.1 Å². The molecule has 0 atom stereocenters. The van der Waals surface area contributed by atoms with Crippen molar-refractivity contribution in [1.29, 1.82) is 0 Å². The van der Waals surface area contributed by atoms with Gasteiger partial charge < -0.3 is 15.2 Å². The van der Waals surface area contributed by atoms with E-state index < -0.39 is 0 Å². The Hall–Kier alpha value is -1.94. The number of imidazole rings is 1. The molecule has 0 aliphatic carbocycles. The fourth-order valence-electron chi connectivity index (χ4n) is 2.73. The van der Waals surface area contributed by atoms with Crippen LogP contribution in [0, 0.1) is 5.82 Å². The van der Waals surface area contributed by atoms with Crippen molar-refractivity contribution >= 4 is 41.3 Å². The zero-order valence-electron chi connectivity index (χ0n) is 16.1. The van der Waals surface area contributed by atoms with Crippen LogP contribution in [-0.2, 0) is 12.0 Å². The number of nitrogens with one attached hydrogen (secondary N) is 2. The maximum absolute atomic E-state index is 14.4. The number of rotatable bonds is 6. The Morgan fingerprint density at radius 1 is 1.29 bits per heavy atom. The second kappa shape index (κ2) is 10.0. The van der Waals surface area contributed by atoms with Crippen LogP contribution < -0.4 is 10.6 Å². The lowest BCUT2D eigenvalue weighted by Crippen LogP contribution is -2.42. The number of hydrogen-bond acceptors (Lipinski definition) is 3. The second-order valence-corrected chi connectivity index (χ2v) is 7.84. The fourth-order valence-corrected chi connectivity index (χ4v) is 3.59. The summed E-state index contributed by atoms with van der Waals surface area (Å²) in [4.78, 5) is 9.53. The van der Waals surface area contributed by atoms with E-state index in [0.29, 0.717) is 18.2 Å². The average Bonchev–Trinajstić information content (AvgIpc) is 3.36. The maximum atomic E-state index is 14.4. The third-order valence-corrected chi connectivity index (χ3v) is 5.60. The third-order valence-electron chi connectivity index (χ3n) is 4.36. The molecule has 0 radical (unpaired) electrons. The molecule has 0 amide bonds. The lowest BCUT2D eigenvalue weighted by molar-refractivity contribution is 0.518. The van der Waals surface area contributed by atoms with Gasteiger partial charge in [0, 0.05) is 42.8 Å². The maximum Gasteiger partial charge on any atom is 0.191 e. The van der Waals surface area contributed by atoms with E-state index in [-0.39, 0.29) is 35.2 Å². The molecule has 0 aliphatic rings. The smallest absolute Gasteiger partial charge is 0.191 e. The molecule has 2 heterocycles. The Balaban J connectivity index is 0.00000280. The molecule has 1 aromatic carbocycles. The Bertz CT molecular complexity index is 891. The lowest BCUT2D eigenvalue weighted by Gasteiger charge is -2.25. The fraction of sp³-hybridized carbons (Fsp3) is 0.300. The van der Waals surface area contributed by atoms with Crippen molar-refractivity contribution in [3.63, 3.8) is 0 Å². The van der Waals surface area contributed by atoms with E-state index in [2.05, 4.69) is 52.0 Å². The third kappa shape index (κ3) is 5.54. The summed E-state index contributed by atoms with van der Waals surface area (Å²) < 4.78 is 16.0. The van der Waals surface area contributed by atoms with E-state index in [4.69, 9.17) is 0 Å². The van der Waals surface area contributed by atoms with E-state index in [1.165, 1.54) is 10.9 Å². The molecular formula is C20H25FIN5S. The van der Waals surface area contributed by atoms with Gasteiger partial charge in [-0.1, -0.05) is 26.0 Å². The number of thiophene rings is 1. The summed E-state index contributed by atoms with van der Waals surface area (Å²) in [6, 6.07) is 9.40. The van der Waals surface area contributed by atoms with Crippen molar-refractivity contribution in [2.75, 3.05) is 13.6 Å². The zero-order chi connectivity index (χ0) is 19.3. The van der Waals surface area contributed by atoms with Gasteiger partial charge in [-0.3, -0.25) is 4.99 Å². The largest absolute Gasteiger partial charge is 0.356 e. The number of hydrogen-bond donors (Lipinski definition) is 2. The van der Waals surface area contributed by atoms with Crippen LogP contribution in [0.25, 0.3) is 5.69 Å². The van der Waals surface area contributed by atoms with Crippen molar-refractivity contribution in [3.05, 3.63) is 70.7 Å². The summed E-state index contributed by atoms with van der Waals surface area (Å²) in [6.45, 7) is 5.63. The summed E-state index contributed by atoms with van der Waals surface area (Å²) >= 11 is 1.75. The minimum Gasteiger partial charge on any atom is -0.356 e. The molecule has 0 spiro atoms. The molecule has 2 N–H and O–H groups in total. The highest BCUT2D eigenvalue weighted by Crippen LogP contribution is 2.26. The molecule has 0 fully saturated rings. The van der Waals surface area contributed by atoms with Gasteiger partial charge >= 0.3 is 0 Å². The highest BCUT2D eigenvalue weighted by molar-refractivity contribution is 14.0. The molecule has 3 rings (SSSR count). The number of guanidine groups is 1. The van der Waals surface area contributed by atoms with Gasteiger partial charge in [-0.15, -0.1) is 35.3 Å². The van der Waals surface area contributed by atoms with Crippen LogP contribution in [0.1, 0.15) is 24.3 Å². The number of aliphatic imine (C=N–C) groups is 1. The van der Waals surface area contributed by atoms with Crippen LogP contribution >= 0.6 is 35.3 Å². The minimum atomic E-state index is -0.283. The van der Waals surface area contributed by atoms with Crippen molar-refractivity contribution in [2.45, 2.75) is 25.8 Å². The zero-order valence-corrected chi connectivity index (χ0v) is 19.3. The standard InChI is InChI=1S/C20H24FN5S.HI/c1-20(2,18-5-4-10-27-18)13-25-19(22-3)24-12-15-6-7-17(16(21)11-15)26-9-8-23-14-26;/h4-11,14H,12-13H2,1-3H3,(H2,22,24,25);1H. The van der Waals surface area contributed by atoms with Gasteiger partial charge in [0.2, 0.25) is 0 Å². The summed E-state index contributed by atoms with van der Waals surface area (Å²) in [5.74, 6) is 0.410. The molecule has 5 nitrogen and oxygen atoms in total. The van der Waals surface area contributed by atoms with E-state index >= 15 is 0 Å².